The lowest BCUT2D eigenvalue weighted by atomic mass is 9.95. The van der Waals surface area contributed by atoms with Gasteiger partial charge in [-0.1, -0.05) is 23.8 Å². The van der Waals surface area contributed by atoms with E-state index in [1.54, 1.807) is 0 Å². The molecule has 1 aliphatic rings. The summed E-state index contributed by atoms with van der Waals surface area (Å²) < 4.78 is 0. The van der Waals surface area contributed by atoms with Crippen molar-refractivity contribution in [2.75, 3.05) is 0 Å². The Bertz CT molecular complexity index is 315. The third-order valence-corrected chi connectivity index (χ3v) is 3.01. The Morgan fingerprint density at radius 3 is 2.92 bits per heavy atom. The van der Waals surface area contributed by atoms with Gasteiger partial charge in [-0.25, -0.2) is 0 Å². The van der Waals surface area contributed by atoms with Crippen LogP contribution in [0.15, 0.2) is 18.2 Å². The van der Waals surface area contributed by atoms with Crippen LogP contribution in [0.3, 0.4) is 0 Å². The second kappa shape index (κ2) is 3.15. The first kappa shape index (κ1) is 8.76. The quantitative estimate of drug-likeness (QED) is 0.696. The molecule has 1 aromatic rings. The number of hydrogen-bond donors (Lipinski definition) is 1. The summed E-state index contributed by atoms with van der Waals surface area (Å²) in [5.74, 6) is 0.370. The molecule has 70 valence electrons. The molecular weight excluding hydrogens is 160 g/mol. The fraction of sp³-hybridized carbons (Fsp3) is 0.500. The zero-order valence-electron chi connectivity index (χ0n) is 8.25. The van der Waals surface area contributed by atoms with Crippen molar-refractivity contribution >= 4 is 0 Å². The van der Waals surface area contributed by atoms with Gasteiger partial charge in [-0.15, -0.1) is 0 Å². The van der Waals surface area contributed by atoms with Crippen LogP contribution in [-0.2, 0) is 6.42 Å². The second-order valence-electron chi connectivity index (χ2n) is 4.09. The Hall–Kier alpha value is -0.820. The maximum absolute atomic E-state index is 9.59. The van der Waals surface area contributed by atoms with Crippen LogP contribution >= 0.6 is 0 Å². The van der Waals surface area contributed by atoms with Crippen molar-refractivity contribution in [3.8, 4) is 0 Å². The minimum atomic E-state index is -0.206. The molecule has 1 aromatic carbocycles. The van der Waals surface area contributed by atoms with Gasteiger partial charge in [-0.3, -0.25) is 0 Å². The third kappa shape index (κ3) is 1.49. The summed E-state index contributed by atoms with van der Waals surface area (Å²) in [6.45, 7) is 4.00. The number of aliphatic hydroxyl groups excluding tert-OH is 1. The lowest BCUT2D eigenvalue weighted by Gasteiger charge is -2.14. The fourth-order valence-corrected chi connectivity index (χ4v) is 2.25. The highest BCUT2D eigenvalue weighted by Crippen LogP contribution is 2.35. The van der Waals surface area contributed by atoms with E-state index in [-0.39, 0.29) is 6.10 Å². The van der Waals surface area contributed by atoms with Gasteiger partial charge in [0.15, 0.2) is 0 Å². The van der Waals surface area contributed by atoms with E-state index in [0.717, 1.165) is 12.8 Å². The molecule has 13 heavy (non-hydrogen) atoms. The van der Waals surface area contributed by atoms with Crippen molar-refractivity contribution in [2.24, 2.45) is 0 Å². The highest BCUT2D eigenvalue weighted by atomic mass is 16.3. The number of hydrogen-bond acceptors (Lipinski definition) is 1. The zero-order chi connectivity index (χ0) is 9.42. The number of aryl methyl sites for hydroxylation is 2. The molecule has 0 amide bonds. The maximum atomic E-state index is 9.59. The van der Waals surface area contributed by atoms with E-state index >= 15 is 0 Å². The van der Waals surface area contributed by atoms with Gasteiger partial charge in [-0.05, 0) is 37.8 Å². The van der Waals surface area contributed by atoms with Gasteiger partial charge in [0.25, 0.3) is 0 Å². The second-order valence-corrected chi connectivity index (χ2v) is 4.09. The van der Waals surface area contributed by atoms with Crippen molar-refractivity contribution in [1.82, 2.24) is 0 Å². The SMILES string of the molecule is Cc1ccc2c(c1)C(C(C)O)CC2. The summed E-state index contributed by atoms with van der Waals surface area (Å²) >= 11 is 0. The van der Waals surface area contributed by atoms with E-state index in [2.05, 4.69) is 25.1 Å². The third-order valence-electron chi connectivity index (χ3n) is 3.01. The Morgan fingerprint density at radius 2 is 2.23 bits per heavy atom. The Kier molecular flexibility index (Phi) is 2.12. The van der Waals surface area contributed by atoms with E-state index in [0.29, 0.717) is 5.92 Å². The fourth-order valence-electron chi connectivity index (χ4n) is 2.25. The molecule has 0 aromatic heterocycles. The molecule has 2 atom stereocenters. The van der Waals surface area contributed by atoms with Crippen LogP contribution in [0, 0.1) is 6.92 Å². The first-order valence-electron chi connectivity index (χ1n) is 4.96. The largest absolute Gasteiger partial charge is 0.393 e. The van der Waals surface area contributed by atoms with Crippen LogP contribution in [0.25, 0.3) is 0 Å². The predicted molar refractivity (Wildman–Crippen MR) is 53.9 cm³/mol. The minimum Gasteiger partial charge on any atom is -0.393 e. The maximum Gasteiger partial charge on any atom is 0.0580 e. The molecule has 0 bridgehead atoms. The molecular formula is C12H16O. The average molecular weight is 176 g/mol. The highest BCUT2D eigenvalue weighted by molar-refractivity contribution is 5.38. The molecule has 1 aliphatic carbocycles. The Labute approximate surface area is 79.4 Å². The number of benzene rings is 1. The Morgan fingerprint density at radius 1 is 1.46 bits per heavy atom. The highest BCUT2D eigenvalue weighted by Gasteiger charge is 2.25. The van der Waals surface area contributed by atoms with Crippen LogP contribution in [-0.4, -0.2) is 11.2 Å². The van der Waals surface area contributed by atoms with Crippen LogP contribution < -0.4 is 0 Å². The van der Waals surface area contributed by atoms with Crippen LogP contribution in [0.4, 0.5) is 0 Å². The molecule has 2 rings (SSSR count). The average Bonchev–Trinajstić information content (AvgIpc) is 2.46. The minimum absolute atomic E-state index is 0.206. The van der Waals surface area contributed by atoms with Gasteiger partial charge >= 0.3 is 0 Å². The van der Waals surface area contributed by atoms with E-state index < -0.39 is 0 Å². The van der Waals surface area contributed by atoms with Crippen LogP contribution in [0.5, 0.6) is 0 Å². The molecule has 1 N–H and O–H groups in total. The standard InChI is InChI=1S/C12H16O/c1-8-3-4-10-5-6-11(9(2)13)12(10)7-8/h3-4,7,9,11,13H,5-6H2,1-2H3. The molecule has 0 saturated heterocycles. The zero-order valence-corrected chi connectivity index (χ0v) is 8.25. The van der Waals surface area contributed by atoms with Gasteiger partial charge in [0.1, 0.15) is 0 Å². The molecule has 0 fully saturated rings. The molecule has 0 heterocycles. The number of fused-ring (bicyclic) bond motifs is 1. The van der Waals surface area contributed by atoms with Gasteiger partial charge in [0.2, 0.25) is 0 Å². The number of rotatable bonds is 1. The van der Waals surface area contributed by atoms with Crippen LogP contribution in [0.2, 0.25) is 0 Å². The predicted octanol–water partition coefficient (Wildman–Crippen LogP) is 2.41. The topological polar surface area (TPSA) is 20.2 Å². The van der Waals surface area contributed by atoms with Gasteiger partial charge in [-0.2, -0.15) is 0 Å². The molecule has 0 aliphatic heterocycles. The van der Waals surface area contributed by atoms with Crippen molar-refractivity contribution in [3.05, 3.63) is 34.9 Å². The molecule has 1 nitrogen and oxygen atoms in total. The lowest BCUT2D eigenvalue weighted by Crippen LogP contribution is -2.11. The molecule has 0 radical (unpaired) electrons. The lowest BCUT2D eigenvalue weighted by molar-refractivity contribution is 0.162. The summed E-state index contributed by atoms with van der Waals surface area (Å²) in [5.41, 5.74) is 4.10. The summed E-state index contributed by atoms with van der Waals surface area (Å²) in [6.07, 6.45) is 2.03. The van der Waals surface area contributed by atoms with E-state index in [9.17, 15) is 5.11 Å². The van der Waals surface area contributed by atoms with Gasteiger partial charge < -0.3 is 5.11 Å². The number of aliphatic hydroxyl groups is 1. The summed E-state index contributed by atoms with van der Waals surface area (Å²) in [7, 11) is 0. The summed E-state index contributed by atoms with van der Waals surface area (Å²) in [4.78, 5) is 0. The first-order valence-corrected chi connectivity index (χ1v) is 4.96. The molecule has 0 spiro atoms. The van der Waals surface area contributed by atoms with Crippen LogP contribution in [0.1, 0.15) is 36.0 Å². The van der Waals surface area contributed by atoms with Crippen molar-refractivity contribution in [1.29, 1.82) is 0 Å². The molecule has 2 unspecified atom stereocenters. The molecule has 1 heteroatoms. The monoisotopic (exact) mass is 176 g/mol. The van der Waals surface area contributed by atoms with E-state index in [1.165, 1.54) is 16.7 Å². The van der Waals surface area contributed by atoms with E-state index in [4.69, 9.17) is 0 Å². The summed E-state index contributed by atoms with van der Waals surface area (Å²) in [6, 6.07) is 6.58. The summed E-state index contributed by atoms with van der Waals surface area (Å²) in [5, 5.41) is 9.59. The smallest absolute Gasteiger partial charge is 0.0580 e. The van der Waals surface area contributed by atoms with Crippen molar-refractivity contribution in [2.45, 2.75) is 38.7 Å². The van der Waals surface area contributed by atoms with E-state index in [1.807, 2.05) is 6.92 Å². The van der Waals surface area contributed by atoms with Crippen molar-refractivity contribution < 1.29 is 5.11 Å². The van der Waals surface area contributed by atoms with Crippen molar-refractivity contribution in [3.63, 3.8) is 0 Å². The van der Waals surface area contributed by atoms with Gasteiger partial charge in [0, 0.05) is 5.92 Å². The first-order chi connectivity index (χ1) is 6.18. The Balaban J connectivity index is 2.40. The normalized spacial score (nSPS) is 22.8. The molecule has 0 saturated carbocycles. The van der Waals surface area contributed by atoms with Gasteiger partial charge in [0.05, 0.1) is 6.10 Å².